The van der Waals surface area contributed by atoms with E-state index in [9.17, 15) is 5.26 Å². The van der Waals surface area contributed by atoms with Crippen LogP contribution in [0.15, 0.2) is 49.2 Å². The summed E-state index contributed by atoms with van der Waals surface area (Å²) in [6.45, 7) is 1.97. The number of nitriles is 1. The summed E-state index contributed by atoms with van der Waals surface area (Å²) < 4.78 is 3.53. The van der Waals surface area contributed by atoms with Crippen LogP contribution in [0.2, 0.25) is 0 Å². The highest BCUT2D eigenvalue weighted by Crippen LogP contribution is 2.45. The Balaban J connectivity index is 1.43. The van der Waals surface area contributed by atoms with Gasteiger partial charge in [0.15, 0.2) is 0 Å². The molecule has 148 valence electrons. The predicted molar refractivity (Wildman–Crippen MR) is 113 cm³/mol. The first-order valence-corrected chi connectivity index (χ1v) is 10.00. The van der Waals surface area contributed by atoms with Gasteiger partial charge in [-0.15, -0.1) is 0 Å². The lowest BCUT2D eigenvalue weighted by Crippen LogP contribution is -2.28. The van der Waals surface area contributed by atoms with Gasteiger partial charge in [0.05, 0.1) is 23.5 Å². The van der Waals surface area contributed by atoms with Gasteiger partial charge in [-0.05, 0) is 30.0 Å². The second kappa shape index (κ2) is 6.15. The lowest BCUT2D eigenvalue weighted by Gasteiger charge is -2.20. The largest absolute Gasteiger partial charge is 0.356 e. The van der Waals surface area contributed by atoms with Gasteiger partial charge in [0.2, 0.25) is 0 Å². The van der Waals surface area contributed by atoms with Crippen molar-refractivity contribution in [2.75, 3.05) is 18.0 Å². The zero-order valence-corrected chi connectivity index (χ0v) is 16.5. The minimum Gasteiger partial charge on any atom is -0.356 e. The SMILES string of the molecule is Cn1cc(-c2cc(-c3ccc(N4CC5[C@@H](N)[C@H]5C4)nc3)c3c(C#N)cnn3c2)cn1. The number of pyridine rings is 2. The lowest BCUT2D eigenvalue weighted by atomic mass is 10.0. The Kier molecular flexibility index (Phi) is 3.52. The molecule has 4 aromatic heterocycles. The van der Waals surface area contributed by atoms with Crippen LogP contribution in [0.3, 0.4) is 0 Å². The molecule has 8 heteroatoms. The molecule has 2 N–H and O–H groups in total. The van der Waals surface area contributed by atoms with Crippen molar-refractivity contribution in [3.63, 3.8) is 0 Å². The molecule has 0 bridgehead atoms. The molecule has 1 aliphatic heterocycles. The van der Waals surface area contributed by atoms with Gasteiger partial charge in [-0.3, -0.25) is 4.68 Å². The molecule has 0 spiro atoms. The van der Waals surface area contributed by atoms with Crippen molar-refractivity contribution in [1.29, 1.82) is 5.26 Å². The van der Waals surface area contributed by atoms with Crippen LogP contribution < -0.4 is 10.6 Å². The van der Waals surface area contributed by atoms with Gasteiger partial charge in [-0.1, -0.05) is 0 Å². The third-order valence-corrected chi connectivity index (χ3v) is 6.41. The van der Waals surface area contributed by atoms with Crippen molar-refractivity contribution < 1.29 is 0 Å². The summed E-state index contributed by atoms with van der Waals surface area (Å²) >= 11 is 0. The van der Waals surface area contributed by atoms with Crippen LogP contribution in [0.25, 0.3) is 27.8 Å². The molecule has 1 aliphatic carbocycles. The van der Waals surface area contributed by atoms with Crippen LogP contribution in [0.4, 0.5) is 5.82 Å². The van der Waals surface area contributed by atoms with Crippen LogP contribution in [-0.2, 0) is 7.05 Å². The molecule has 1 saturated carbocycles. The molecule has 2 aliphatic rings. The Bertz CT molecular complexity index is 1300. The molecule has 1 saturated heterocycles. The Morgan fingerprint density at radius 1 is 1.03 bits per heavy atom. The number of aryl methyl sites for hydroxylation is 1. The summed E-state index contributed by atoms with van der Waals surface area (Å²) in [5.41, 5.74) is 11.2. The van der Waals surface area contributed by atoms with Crippen molar-refractivity contribution >= 4 is 11.3 Å². The van der Waals surface area contributed by atoms with Crippen LogP contribution >= 0.6 is 0 Å². The van der Waals surface area contributed by atoms with Crippen molar-refractivity contribution in [2.45, 2.75) is 6.04 Å². The number of nitrogens with zero attached hydrogens (tertiary/aromatic N) is 7. The first-order chi connectivity index (χ1) is 14.6. The molecular weight excluding hydrogens is 376 g/mol. The summed E-state index contributed by atoms with van der Waals surface area (Å²) in [6.07, 6.45) is 9.20. The Morgan fingerprint density at radius 2 is 1.87 bits per heavy atom. The number of hydrogen-bond acceptors (Lipinski definition) is 6. The summed E-state index contributed by atoms with van der Waals surface area (Å²) in [5.74, 6) is 2.21. The number of rotatable bonds is 3. The fraction of sp³-hybridized carbons (Fsp3) is 0.273. The van der Waals surface area contributed by atoms with Crippen molar-refractivity contribution in [1.82, 2.24) is 24.4 Å². The number of aromatic nitrogens is 5. The molecule has 0 radical (unpaired) electrons. The van der Waals surface area contributed by atoms with Gasteiger partial charge in [0.1, 0.15) is 11.9 Å². The fourth-order valence-corrected chi connectivity index (χ4v) is 4.64. The van der Waals surface area contributed by atoms with Crippen LogP contribution in [0, 0.1) is 23.2 Å². The van der Waals surface area contributed by atoms with Gasteiger partial charge in [0.25, 0.3) is 0 Å². The molecule has 2 fully saturated rings. The summed E-state index contributed by atoms with van der Waals surface area (Å²) in [4.78, 5) is 7.04. The average Bonchev–Trinajstić information content (AvgIpc) is 3.26. The van der Waals surface area contributed by atoms with E-state index in [-0.39, 0.29) is 0 Å². The summed E-state index contributed by atoms with van der Waals surface area (Å²) in [7, 11) is 1.89. The molecular formula is C22H20N8. The minimum atomic E-state index is 0.371. The summed E-state index contributed by atoms with van der Waals surface area (Å²) in [5, 5.41) is 18.2. The van der Waals surface area contributed by atoms with Crippen LogP contribution in [0.5, 0.6) is 0 Å². The zero-order chi connectivity index (χ0) is 20.4. The smallest absolute Gasteiger partial charge is 0.128 e. The monoisotopic (exact) mass is 396 g/mol. The average molecular weight is 396 g/mol. The summed E-state index contributed by atoms with van der Waals surface area (Å²) in [6, 6.07) is 8.83. The van der Waals surface area contributed by atoms with E-state index in [1.807, 2.05) is 31.8 Å². The van der Waals surface area contributed by atoms with Crippen molar-refractivity contribution in [3.8, 4) is 28.3 Å². The Morgan fingerprint density at radius 3 is 2.53 bits per heavy atom. The second-order valence-corrected chi connectivity index (χ2v) is 8.22. The Labute approximate surface area is 173 Å². The fourth-order valence-electron chi connectivity index (χ4n) is 4.64. The van der Waals surface area contributed by atoms with Gasteiger partial charge in [-0.25, -0.2) is 9.50 Å². The van der Waals surface area contributed by atoms with E-state index in [4.69, 9.17) is 10.7 Å². The van der Waals surface area contributed by atoms with Crippen LogP contribution in [-0.4, -0.2) is 43.5 Å². The lowest BCUT2D eigenvalue weighted by molar-refractivity contribution is 0.735. The standard InChI is InChI=1S/C22H20N8/c1-28-9-16(8-26-28)14-4-17(22-15(5-23)7-27-30(22)10-14)13-2-3-20(25-6-13)29-11-18-19(12-29)21(18)24/h2-4,6-10,18-19,21H,11-12,24H2,1H3/t18-,19?,21-/m0/s1. The Hall–Kier alpha value is -3.70. The minimum absolute atomic E-state index is 0.371. The zero-order valence-electron chi connectivity index (χ0n) is 16.5. The van der Waals surface area contributed by atoms with Gasteiger partial charge >= 0.3 is 0 Å². The normalized spacial score (nSPS) is 22.3. The first-order valence-electron chi connectivity index (χ1n) is 10.00. The highest BCUT2D eigenvalue weighted by atomic mass is 15.2. The quantitative estimate of drug-likeness (QED) is 0.569. The number of piperidine rings is 1. The maximum Gasteiger partial charge on any atom is 0.128 e. The maximum absolute atomic E-state index is 9.57. The topological polar surface area (TPSA) is 101 Å². The molecule has 4 aromatic rings. The number of nitrogens with two attached hydrogens (primary N) is 1. The predicted octanol–water partition coefficient (Wildman–Crippen LogP) is 2.06. The van der Waals surface area contributed by atoms with Crippen LogP contribution in [0.1, 0.15) is 5.56 Å². The maximum atomic E-state index is 9.57. The molecule has 6 rings (SSSR count). The van der Waals surface area contributed by atoms with E-state index in [2.05, 4.69) is 39.4 Å². The highest BCUT2D eigenvalue weighted by molar-refractivity contribution is 5.87. The van der Waals surface area contributed by atoms with E-state index in [1.54, 1.807) is 15.4 Å². The molecule has 5 heterocycles. The molecule has 0 amide bonds. The number of fused-ring (bicyclic) bond motifs is 2. The van der Waals surface area contributed by atoms with Gasteiger partial charge in [0, 0.05) is 67.0 Å². The highest BCUT2D eigenvalue weighted by Gasteiger charge is 2.53. The first kappa shape index (κ1) is 17.2. The molecule has 30 heavy (non-hydrogen) atoms. The van der Waals surface area contributed by atoms with Gasteiger partial charge < -0.3 is 10.6 Å². The van der Waals surface area contributed by atoms with Crippen molar-refractivity contribution in [3.05, 3.63) is 54.7 Å². The third-order valence-electron chi connectivity index (χ3n) is 6.41. The van der Waals surface area contributed by atoms with E-state index in [0.717, 1.165) is 46.7 Å². The third kappa shape index (κ3) is 2.52. The van der Waals surface area contributed by atoms with E-state index in [1.165, 1.54) is 0 Å². The second-order valence-electron chi connectivity index (χ2n) is 8.22. The number of anilines is 1. The molecule has 8 nitrogen and oxygen atoms in total. The van der Waals surface area contributed by atoms with E-state index in [0.29, 0.717) is 23.4 Å². The van der Waals surface area contributed by atoms with Crippen molar-refractivity contribution in [2.24, 2.45) is 24.6 Å². The number of hydrogen-bond donors (Lipinski definition) is 1. The molecule has 0 aromatic carbocycles. The van der Waals surface area contributed by atoms with E-state index >= 15 is 0 Å². The van der Waals surface area contributed by atoms with E-state index < -0.39 is 0 Å². The molecule has 1 unspecified atom stereocenters. The molecule has 3 atom stereocenters. The van der Waals surface area contributed by atoms with Gasteiger partial charge in [-0.2, -0.15) is 15.5 Å².